The number of carbonyl (C=O) groups excluding carboxylic acids is 1. The average molecular weight is 468 g/mol. The predicted octanol–water partition coefficient (Wildman–Crippen LogP) is 5.05. The van der Waals surface area contributed by atoms with E-state index in [0.717, 1.165) is 61.1 Å². The second-order valence-electron chi connectivity index (χ2n) is 9.28. The molecule has 0 spiro atoms. The van der Waals surface area contributed by atoms with E-state index < -0.39 is 0 Å². The molecule has 0 unspecified atom stereocenters. The van der Waals surface area contributed by atoms with Gasteiger partial charge in [-0.15, -0.1) is 0 Å². The zero-order chi connectivity index (χ0) is 24.1. The lowest BCUT2D eigenvalue weighted by molar-refractivity contribution is 0.191. The van der Waals surface area contributed by atoms with E-state index in [4.69, 9.17) is 19.9 Å². The van der Waals surface area contributed by atoms with Crippen molar-refractivity contribution in [2.45, 2.75) is 57.5 Å². The van der Waals surface area contributed by atoms with Gasteiger partial charge in [-0.05, 0) is 49.4 Å². The molecule has 184 valence electrons. The molecule has 2 fully saturated rings. The van der Waals surface area contributed by atoms with Gasteiger partial charge in [-0.1, -0.05) is 31.9 Å². The highest BCUT2D eigenvalue weighted by molar-refractivity contribution is 5.93. The van der Waals surface area contributed by atoms with Gasteiger partial charge >= 0.3 is 6.03 Å². The molecular weight excluding hydrogens is 430 g/mol. The molecule has 2 aromatic rings. The summed E-state index contributed by atoms with van der Waals surface area (Å²) in [5, 5.41) is 0. The van der Waals surface area contributed by atoms with Crippen LogP contribution in [-0.2, 0) is 12.1 Å². The van der Waals surface area contributed by atoms with Crippen LogP contribution in [0.15, 0.2) is 36.4 Å². The lowest BCUT2D eigenvalue weighted by Gasteiger charge is -2.36. The van der Waals surface area contributed by atoms with E-state index in [1.54, 1.807) is 14.2 Å². The highest BCUT2D eigenvalue weighted by Crippen LogP contribution is 2.44. The summed E-state index contributed by atoms with van der Waals surface area (Å²) in [6.07, 6.45) is 6.14. The summed E-state index contributed by atoms with van der Waals surface area (Å²) in [6.45, 7) is 4.67. The van der Waals surface area contributed by atoms with E-state index in [2.05, 4.69) is 13.0 Å². The van der Waals surface area contributed by atoms with Gasteiger partial charge in [-0.3, -0.25) is 4.90 Å². The van der Waals surface area contributed by atoms with Gasteiger partial charge in [-0.25, -0.2) is 4.79 Å². The lowest BCUT2D eigenvalue weighted by atomic mass is 10.0. The van der Waals surface area contributed by atoms with E-state index in [0.29, 0.717) is 37.7 Å². The second-order valence-corrected chi connectivity index (χ2v) is 9.28. The molecule has 1 aliphatic carbocycles. The number of benzene rings is 2. The van der Waals surface area contributed by atoms with E-state index in [9.17, 15) is 4.79 Å². The number of hydrogen-bond donors (Lipinski definition) is 1. The summed E-state index contributed by atoms with van der Waals surface area (Å²) in [5.41, 5.74) is 9.06. The Hall–Kier alpha value is -2.93. The average Bonchev–Trinajstić information content (AvgIpc) is 3.61. The Kier molecular flexibility index (Phi) is 7.51. The number of anilines is 1. The van der Waals surface area contributed by atoms with Gasteiger partial charge in [0, 0.05) is 35.9 Å². The molecular formula is C27H37N3O4. The minimum absolute atomic E-state index is 0.0167. The van der Waals surface area contributed by atoms with Crippen molar-refractivity contribution in [3.8, 4) is 17.2 Å². The van der Waals surface area contributed by atoms with E-state index in [1.165, 1.54) is 0 Å². The van der Waals surface area contributed by atoms with Crippen molar-refractivity contribution in [3.05, 3.63) is 47.5 Å². The van der Waals surface area contributed by atoms with Crippen LogP contribution >= 0.6 is 0 Å². The highest BCUT2D eigenvalue weighted by atomic mass is 16.5. The third kappa shape index (κ3) is 5.25. The SMILES string of the molecule is CCCCCOc1cc(N2CCCN(Cc3ccc(C4(N)CC4)cc3OC)C2=O)ccc1OC. The molecule has 2 N–H and O–H groups in total. The van der Waals surface area contributed by atoms with Crippen molar-refractivity contribution in [2.75, 3.05) is 38.8 Å². The summed E-state index contributed by atoms with van der Waals surface area (Å²) in [7, 11) is 3.30. The standard InChI is InChI=1S/C27H37N3O4/c1-4-5-6-16-34-25-18-22(10-11-23(25)32-2)30-15-7-14-29(26(30)31)19-20-8-9-21(17-24(20)33-3)27(28)12-13-27/h8-11,17-18H,4-7,12-16,19,28H2,1-3H3. The molecule has 1 saturated heterocycles. The van der Waals surface area contributed by atoms with Crippen LogP contribution in [0.5, 0.6) is 17.2 Å². The van der Waals surface area contributed by atoms with Crippen LogP contribution in [0, 0.1) is 0 Å². The first-order valence-electron chi connectivity index (χ1n) is 12.3. The molecule has 0 radical (unpaired) electrons. The molecule has 4 rings (SSSR count). The van der Waals surface area contributed by atoms with Crippen molar-refractivity contribution >= 4 is 11.7 Å². The molecule has 1 heterocycles. The first-order valence-corrected chi connectivity index (χ1v) is 12.3. The van der Waals surface area contributed by atoms with E-state index in [-0.39, 0.29) is 11.6 Å². The smallest absolute Gasteiger partial charge is 0.324 e. The Morgan fingerprint density at radius 3 is 2.47 bits per heavy atom. The van der Waals surface area contributed by atoms with Crippen molar-refractivity contribution < 1.29 is 19.0 Å². The topological polar surface area (TPSA) is 77.3 Å². The molecule has 1 aliphatic heterocycles. The summed E-state index contributed by atoms with van der Waals surface area (Å²) in [5.74, 6) is 2.14. The number of amides is 2. The highest BCUT2D eigenvalue weighted by Gasteiger charge is 2.40. The van der Waals surface area contributed by atoms with Crippen molar-refractivity contribution in [3.63, 3.8) is 0 Å². The van der Waals surface area contributed by atoms with Gasteiger partial charge in [0.1, 0.15) is 5.75 Å². The number of nitrogens with two attached hydrogens (primary N) is 1. The quantitative estimate of drug-likeness (QED) is 0.468. The molecule has 0 aromatic heterocycles. The minimum atomic E-state index is -0.214. The van der Waals surface area contributed by atoms with Gasteiger partial charge in [0.25, 0.3) is 0 Å². The fourth-order valence-electron chi connectivity index (χ4n) is 4.46. The normalized spacial score (nSPS) is 17.0. The molecule has 7 heteroatoms. The number of carbonyl (C=O) groups is 1. The molecule has 7 nitrogen and oxygen atoms in total. The third-order valence-electron chi connectivity index (χ3n) is 6.79. The number of rotatable bonds is 11. The van der Waals surface area contributed by atoms with Crippen LogP contribution < -0.4 is 24.8 Å². The summed E-state index contributed by atoms with van der Waals surface area (Å²) < 4.78 is 17.1. The molecule has 2 aromatic carbocycles. The van der Waals surface area contributed by atoms with Crippen LogP contribution in [0.4, 0.5) is 10.5 Å². The Morgan fingerprint density at radius 1 is 0.971 bits per heavy atom. The second kappa shape index (κ2) is 10.6. The molecule has 2 aliphatic rings. The fourth-order valence-corrected chi connectivity index (χ4v) is 4.46. The number of methoxy groups -OCH3 is 2. The van der Waals surface area contributed by atoms with E-state index >= 15 is 0 Å². The van der Waals surface area contributed by atoms with Gasteiger partial charge in [0.05, 0.1) is 27.4 Å². The summed E-state index contributed by atoms with van der Waals surface area (Å²) >= 11 is 0. The van der Waals surface area contributed by atoms with Crippen LogP contribution in [0.25, 0.3) is 0 Å². The predicted molar refractivity (Wildman–Crippen MR) is 134 cm³/mol. The zero-order valence-corrected chi connectivity index (χ0v) is 20.6. The van der Waals surface area contributed by atoms with Gasteiger partial charge < -0.3 is 24.8 Å². The number of ether oxygens (including phenoxy) is 3. The Bertz CT molecular complexity index is 1010. The first kappa shape index (κ1) is 24.2. The van der Waals surface area contributed by atoms with E-state index in [1.807, 2.05) is 40.1 Å². The molecule has 0 atom stereocenters. The monoisotopic (exact) mass is 467 g/mol. The van der Waals surface area contributed by atoms with Crippen molar-refractivity contribution in [1.29, 1.82) is 0 Å². The first-order chi connectivity index (χ1) is 16.5. The number of unbranched alkanes of at least 4 members (excludes halogenated alkanes) is 2. The molecule has 2 amide bonds. The van der Waals surface area contributed by atoms with Crippen LogP contribution in [-0.4, -0.2) is 44.8 Å². The third-order valence-corrected chi connectivity index (χ3v) is 6.79. The van der Waals surface area contributed by atoms with Crippen LogP contribution in [0.2, 0.25) is 0 Å². The molecule has 1 saturated carbocycles. The minimum Gasteiger partial charge on any atom is -0.496 e. The lowest BCUT2D eigenvalue weighted by Crippen LogP contribution is -2.49. The number of urea groups is 1. The summed E-state index contributed by atoms with van der Waals surface area (Å²) in [4.78, 5) is 17.1. The van der Waals surface area contributed by atoms with Crippen LogP contribution in [0.3, 0.4) is 0 Å². The largest absolute Gasteiger partial charge is 0.496 e. The van der Waals surface area contributed by atoms with Gasteiger partial charge in [-0.2, -0.15) is 0 Å². The molecule has 34 heavy (non-hydrogen) atoms. The Labute approximate surface area is 202 Å². The maximum Gasteiger partial charge on any atom is 0.324 e. The Balaban J connectivity index is 1.49. The number of nitrogens with zero attached hydrogens (tertiary/aromatic N) is 2. The maximum absolute atomic E-state index is 13.5. The van der Waals surface area contributed by atoms with Crippen molar-refractivity contribution in [2.24, 2.45) is 5.73 Å². The van der Waals surface area contributed by atoms with Gasteiger partial charge in [0.2, 0.25) is 0 Å². The summed E-state index contributed by atoms with van der Waals surface area (Å²) in [6, 6.07) is 11.8. The van der Waals surface area contributed by atoms with Gasteiger partial charge in [0.15, 0.2) is 11.5 Å². The Morgan fingerprint density at radius 2 is 1.76 bits per heavy atom. The maximum atomic E-state index is 13.5. The van der Waals surface area contributed by atoms with Crippen LogP contribution in [0.1, 0.15) is 56.6 Å². The van der Waals surface area contributed by atoms with Crippen molar-refractivity contribution in [1.82, 2.24) is 4.90 Å². The number of hydrogen-bond acceptors (Lipinski definition) is 5. The molecule has 0 bridgehead atoms. The zero-order valence-electron chi connectivity index (χ0n) is 20.6. The fraction of sp³-hybridized carbons (Fsp3) is 0.519.